The highest BCUT2D eigenvalue weighted by Crippen LogP contribution is 2.18. The number of amides is 1. The van der Waals surface area contributed by atoms with Crippen LogP contribution in [0.4, 0.5) is 4.79 Å². The van der Waals surface area contributed by atoms with Crippen molar-refractivity contribution in [2.24, 2.45) is 5.10 Å². The monoisotopic (exact) mass is 291 g/mol. The molecule has 0 fully saturated rings. The zero-order valence-corrected chi connectivity index (χ0v) is 11.7. The first-order valence-corrected chi connectivity index (χ1v) is 6.85. The van der Waals surface area contributed by atoms with E-state index >= 15 is 0 Å². The Morgan fingerprint density at radius 3 is 2.64 bits per heavy atom. The van der Waals surface area contributed by atoms with Gasteiger partial charge in [-0.15, -0.1) is 0 Å². The number of ether oxygens (including phenoxy) is 1. The minimum atomic E-state index is -0.584. The van der Waals surface area contributed by atoms with E-state index in [0.717, 1.165) is 11.1 Å². The second-order valence-corrected chi connectivity index (χ2v) is 4.84. The predicted molar refractivity (Wildman–Crippen MR) is 81.2 cm³/mol. The maximum atomic E-state index is 11.5. The van der Waals surface area contributed by atoms with Gasteiger partial charge in [0.1, 0.15) is 5.71 Å². The lowest BCUT2D eigenvalue weighted by Gasteiger charge is -2.24. The lowest BCUT2D eigenvalue weighted by atomic mass is 9.96. The molecule has 5 nitrogen and oxygen atoms in total. The van der Waals surface area contributed by atoms with Crippen molar-refractivity contribution >= 4 is 11.8 Å². The number of hydrogen-bond acceptors (Lipinski definition) is 4. The van der Waals surface area contributed by atoms with Gasteiger partial charge in [0.05, 0.1) is 11.6 Å². The number of benzene rings is 2. The van der Waals surface area contributed by atoms with Crippen LogP contribution in [0.5, 0.6) is 0 Å². The largest absolute Gasteiger partial charge is 0.438 e. The van der Waals surface area contributed by atoms with Crippen LogP contribution in [0, 0.1) is 11.3 Å². The summed E-state index contributed by atoms with van der Waals surface area (Å²) in [4.78, 5) is 11.5. The molecule has 0 bridgehead atoms. The molecule has 2 aromatic carbocycles. The van der Waals surface area contributed by atoms with Gasteiger partial charge in [-0.2, -0.15) is 10.4 Å². The van der Waals surface area contributed by atoms with Crippen molar-refractivity contribution in [3.8, 4) is 6.07 Å². The second-order valence-electron chi connectivity index (χ2n) is 4.84. The molecule has 22 heavy (non-hydrogen) atoms. The molecule has 3 rings (SSSR count). The molecule has 0 aromatic heterocycles. The molecule has 1 aliphatic rings. The molecular weight excluding hydrogens is 278 g/mol. The van der Waals surface area contributed by atoms with Gasteiger partial charge in [-0.1, -0.05) is 48.5 Å². The van der Waals surface area contributed by atoms with Crippen molar-refractivity contribution < 1.29 is 9.53 Å². The smallest absolute Gasteiger partial charge is 0.428 e. The SMILES string of the molecule is N#Cc1ccccc1CC1OC(=O)NN=C1c1ccccc1. The normalized spacial score (nSPS) is 17.0. The van der Waals surface area contributed by atoms with Gasteiger partial charge in [0, 0.05) is 12.0 Å². The van der Waals surface area contributed by atoms with Gasteiger partial charge in [-0.3, -0.25) is 0 Å². The van der Waals surface area contributed by atoms with Crippen LogP contribution in [-0.4, -0.2) is 17.9 Å². The van der Waals surface area contributed by atoms with E-state index < -0.39 is 12.2 Å². The standard InChI is InChI=1S/C17H13N3O2/c18-11-14-9-5-4-8-13(14)10-15-16(19-20-17(21)22-15)12-6-2-1-3-7-12/h1-9,15H,10H2,(H,20,21). The highest BCUT2D eigenvalue weighted by Gasteiger charge is 2.27. The van der Waals surface area contributed by atoms with E-state index in [9.17, 15) is 10.1 Å². The van der Waals surface area contributed by atoms with Crippen LogP contribution in [-0.2, 0) is 11.2 Å². The average Bonchev–Trinajstić information content (AvgIpc) is 2.56. The summed E-state index contributed by atoms with van der Waals surface area (Å²) in [5.41, 5.74) is 5.26. The minimum absolute atomic E-state index is 0.408. The summed E-state index contributed by atoms with van der Waals surface area (Å²) in [5, 5.41) is 13.3. The highest BCUT2D eigenvalue weighted by molar-refractivity contribution is 6.06. The Morgan fingerprint density at radius 1 is 1.14 bits per heavy atom. The van der Waals surface area contributed by atoms with Crippen molar-refractivity contribution in [1.82, 2.24) is 5.43 Å². The molecule has 2 aromatic rings. The predicted octanol–water partition coefficient (Wildman–Crippen LogP) is 2.61. The zero-order chi connectivity index (χ0) is 15.4. The first-order valence-electron chi connectivity index (χ1n) is 6.85. The summed E-state index contributed by atoms with van der Waals surface area (Å²) in [5.74, 6) is 0. The van der Waals surface area contributed by atoms with Crippen molar-refractivity contribution in [1.29, 1.82) is 5.26 Å². The van der Waals surface area contributed by atoms with Gasteiger partial charge in [0.25, 0.3) is 0 Å². The molecular formula is C17H13N3O2. The Bertz CT molecular complexity index is 763. The van der Waals surface area contributed by atoms with Crippen molar-refractivity contribution in [3.05, 3.63) is 71.3 Å². The molecule has 0 saturated heterocycles. The lowest BCUT2D eigenvalue weighted by molar-refractivity contribution is 0.120. The van der Waals surface area contributed by atoms with Crippen LogP contribution in [0.2, 0.25) is 0 Å². The molecule has 5 heteroatoms. The second kappa shape index (κ2) is 6.10. The Labute approximate surface area is 127 Å². The van der Waals surface area contributed by atoms with Crippen LogP contribution in [0.15, 0.2) is 59.7 Å². The molecule has 0 spiro atoms. The fraction of sp³-hybridized carbons (Fsp3) is 0.118. The van der Waals surface area contributed by atoms with Crippen LogP contribution >= 0.6 is 0 Å². The van der Waals surface area contributed by atoms with E-state index in [1.807, 2.05) is 48.5 Å². The first-order chi connectivity index (χ1) is 10.8. The molecule has 1 atom stereocenters. The van der Waals surface area contributed by atoms with E-state index in [1.165, 1.54) is 0 Å². The number of hydrazone groups is 1. The van der Waals surface area contributed by atoms with E-state index in [0.29, 0.717) is 17.7 Å². The molecule has 0 saturated carbocycles. The number of cyclic esters (lactones) is 1. The van der Waals surface area contributed by atoms with Gasteiger partial charge in [0.2, 0.25) is 0 Å². The summed E-state index contributed by atoms with van der Waals surface area (Å²) in [7, 11) is 0. The molecule has 1 heterocycles. The van der Waals surface area contributed by atoms with Crippen molar-refractivity contribution in [2.45, 2.75) is 12.5 Å². The first kappa shape index (κ1) is 13.8. The topological polar surface area (TPSA) is 74.5 Å². The van der Waals surface area contributed by atoms with Gasteiger partial charge in [-0.05, 0) is 11.6 Å². The van der Waals surface area contributed by atoms with Crippen LogP contribution in [0.3, 0.4) is 0 Å². The van der Waals surface area contributed by atoms with E-state index in [4.69, 9.17) is 4.74 Å². The van der Waals surface area contributed by atoms with Crippen LogP contribution < -0.4 is 5.43 Å². The Morgan fingerprint density at radius 2 is 1.86 bits per heavy atom. The van der Waals surface area contributed by atoms with Crippen molar-refractivity contribution in [2.75, 3.05) is 0 Å². The van der Waals surface area contributed by atoms with Gasteiger partial charge >= 0.3 is 6.09 Å². The number of carbonyl (C=O) groups is 1. The van der Waals surface area contributed by atoms with Gasteiger partial charge in [-0.25, -0.2) is 10.2 Å². The molecule has 1 amide bonds. The Balaban J connectivity index is 1.93. The number of carbonyl (C=O) groups excluding carboxylic acids is 1. The van der Waals surface area contributed by atoms with Gasteiger partial charge < -0.3 is 4.74 Å². The minimum Gasteiger partial charge on any atom is -0.438 e. The third kappa shape index (κ3) is 2.81. The maximum Gasteiger partial charge on any atom is 0.428 e. The van der Waals surface area contributed by atoms with Crippen LogP contribution in [0.1, 0.15) is 16.7 Å². The number of nitrogens with zero attached hydrogens (tertiary/aromatic N) is 2. The number of hydrogen-bond donors (Lipinski definition) is 1. The third-order valence-electron chi connectivity index (χ3n) is 3.43. The van der Waals surface area contributed by atoms with E-state index in [1.54, 1.807) is 6.07 Å². The summed E-state index contributed by atoms with van der Waals surface area (Å²) < 4.78 is 5.37. The van der Waals surface area contributed by atoms with E-state index in [2.05, 4.69) is 16.6 Å². The Hall–Kier alpha value is -3.13. The molecule has 108 valence electrons. The molecule has 1 unspecified atom stereocenters. The van der Waals surface area contributed by atoms with Crippen molar-refractivity contribution in [3.63, 3.8) is 0 Å². The fourth-order valence-corrected chi connectivity index (χ4v) is 2.39. The third-order valence-corrected chi connectivity index (χ3v) is 3.43. The number of nitrogens with one attached hydrogen (secondary N) is 1. The molecule has 1 N–H and O–H groups in total. The quantitative estimate of drug-likeness (QED) is 0.944. The molecule has 0 aliphatic carbocycles. The van der Waals surface area contributed by atoms with Gasteiger partial charge in [0.15, 0.2) is 6.10 Å². The molecule has 1 aliphatic heterocycles. The fourth-order valence-electron chi connectivity index (χ4n) is 2.39. The van der Waals surface area contributed by atoms with Crippen LogP contribution in [0.25, 0.3) is 0 Å². The Kier molecular flexibility index (Phi) is 3.84. The summed E-state index contributed by atoms with van der Waals surface area (Å²) in [6, 6.07) is 18.9. The maximum absolute atomic E-state index is 11.5. The summed E-state index contributed by atoms with van der Waals surface area (Å²) in [6.45, 7) is 0. The summed E-state index contributed by atoms with van der Waals surface area (Å²) in [6.07, 6.45) is -0.699. The molecule has 0 radical (unpaired) electrons. The average molecular weight is 291 g/mol. The number of nitriles is 1. The zero-order valence-electron chi connectivity index (χ0n) is 11.7. The summed E-state index contributed by atoms with van der Waals surface area (Å²) >= 11 is 0. The number of rotatable bonds is 3. The lowest BCUT2D eigenvalue weighted by Crippen LogP contribution is -2.40. The highest BCUT2D eigenvalue weighted by atomic mass is 16.6. The van der Waals surface area contributed by atoms with E-state index in [-0.39, 0.29) is 0 Å².